The first-order chi connectivity index (χ1) is 12.1. The summed E-state index contributed by atoms with van der Waals surface area (Å²) in [6.07, 6.45) is 17.6. The lowest BCUT2D eigenvalue weighted by Gasteiger charge is -2.58. The Labute approximate surface area is 151 Å². The molecule has 1 aliphatic heterocycles. The van der Waals surface area contributed by atoms with Crippen molar-refractivity contribution in [2.45, 2.75) is 82.8 Å². The maximum atomic E-state index is 6.62. The van der Waals surface area contributed by atoms with E-state index >= 15 is 0 Å². The maximum Gasteiger partial charge on any atom is 0.104 e. The van der Waals surface area contributed by atoms with Gasteiger partial charge in [0.15, 0.2) is 0 Å². The predicted molar refractivity (Wildman–Crippen MR) is 97.3 cm³/mol. The molecule has 0 radical (unpaired) electrons. The molecule has 2 heterocycles. The molecule has 1 spiro atoms. The molecule has 2 heteroatoms. The summed E-state index contributed by atoms with van der Waals surface area (Å²) in [7, 11) is 0. The number of fused-ring (bicyclic) bond motifs is 3. The van der Waals surface area contributed by atoms with Crippen molar-refractivity contribution in [3.05, 3.63) is 35.8 Å². The highest BCUT2D eigenvalue weighted by Crippen LogP contribution is 2.77. The van der Waals surface area contributed by atoms with Crippen LogP contribution in [0.25, 0.3) is 0 Å². The molecule has 1 aromatic rings. The minimum atomic E-state index is 0.170. The Morgan fingerprint density at radius 1 is 1.12 bits per heavy atom. The molecule has 0 aromatic carbocycles. The summed E-state index contributed by atoms with van der Waals surface area (Å²) in [6.45, 7) is 5.14. The molecule has 0 unspecified atom stereocenters. The molecule has 0 N–H and O–H groups in total. The number of hydrogen-bond donors (Lipinski definition) is 0. The van der Waals surface area contributed by atoms with Crippen LogP contribution in [0.3, 0.4) is 0 Å². The van der Waals surface area contributed by atoms with E-state index in [1.165, 1.54) is 56.9 Å². The molecule has 4 fully saturated rings. The lowest BCUT2D eigenvalue weighted by Crippen LogP contribution is -2.55. The highest BCUT2D eigenvalue weighted by atomic mass is 16.6. The van der Waals surface area contributed by atoms with E-state index in [-0.39, 0.29) is 5.60 Å². The van der Waals surface area contributed by atoms with E-state index in [1.54, 1.807) is 5.57 Å². The average molecular weight is 338 g/mol. The Balaban J connectivity index is 1.41. The van der Waals surface area contributed by atoms with Crippen LogP contribution in [0, 0.1) is 22.7 Å². The van der Waals surface area contributed by atoms with Gasteiger partial charge in [0.05, 0.1) is 18.6 Å². The lowest BCUT2D eigenvalue weighted by molar-refractivity contribution is -0.0793. The molecule has 5 aliphatic rings. The first-order valence-electron chi connectivity index (χ1n) is 10.5. The minimum Gasteiger partial charge on any atom is -0.472 e. The predicted octanol–water partition coefficient (Wildman–Crippen LogP) is 5.85. The van der Waals surface area contributed by atoms with Crippen LogP contribution in [0.1, 0.15) is 76.7 Å². The smallest absolute Gasteiger partial charge is 0.104 e. The molecule has 1 aromatic heterocycles. The Kier molecular flexibility index (Phi) is 2.79. The van der Waals surface area contributed by atoms with Gasteiger partial charge in [0.2, 0.25) is 0 Å². The molecule has 0 bridgehead atoms. The van der Waals surface area contributed by atoms with E-state index in [1.807, 2.05) is 12.5 Å². The van der Waals surface area contributed by atoms with Crippen molar-refractivity contribution in [1.82, 2.24) is 0 Å². The third kappa shape index (κ3) is 1.62. The van der Waals surface area contributed by atoms with Gasteiger partial charge in [-0.1, -0.05) is 25.5 Å². The van der Waals surface area contributed by atoms with Crippen LogP contribution in [-0.4, -0.2) is 11.7 Å². The number of allylic oxidation sites excluding steroid dienone is 2. The minimum absolute atomic E-state index is 0.170. The molecule has 6 rings (SSSR count). The van der Waals surface area contributed by atoms with E-state index in [2.05, 4.69) is 26.0 Å². The first kappa shape index (κ1) is 15.1. The SMILES string of the molecule is C[C@]12CCCC=C1CC[C@@H]1[C@@H]2CC[C@]2(C)[C@@H](c3ccoc3)C[C@H]3O[C@]132. The number of furan rings is 1. The van der Waals surface area contributed by atoms with E-state index in [4.69, 9.17) is 9.15 Å². The van der Waals surface area contributed by atoms with Gasteiger partial charge in [-0.25, -0.2) is 0 Å². The van der Waals surface area contributed by atoms with Crippen LogP contribution in [0.4, 0.5) is 0 Å². The van der Waals surface area contributed by atoms with Crippen LogP contribution < -0.4 is 0 Å². The zero-order valence-corrected chi connectivity index (χ0v) is 15.6. The van der Waals surface area contributed by atoms with Gasteiger partial charge in [-0.15, -0.1) is 0 Å². The number of epoxide rings is 1. The van der Waals surface area contributed by atoms with Gasteiger partial charge in [0.25, 0.3) is 0 Å². The normalized spacial score (nSPS) is 53.3. The standard InChI is InChI=1S/C23H30O2/c1-21-10-4-3-5-16(21)6-7-18-17(21)8-11-22(2)19(15-9-12-24-14-15)13-20-23(18,22)25-20/h5,9,12,14,17-20H,3-4,6-8,10-11,13H2,1-2H3/t17-,18+,19+,20+,21-,22+,23+/m0/s1. The summed E-state index contributed by atoms with van der Waals surface area (Å²) in [4.78, 5) is 0. The van der Waals surface area contributed by atoms with Gasteiger partial charge in [0.1, 0.15) is 5.60 Å². The summed E-state index contributed by atoms with van der Waals surface area (Å²) in [5.74, 6) is 2.24. The molecule has 134 valence electrons. The lowest BCUT2D eigenvalue weighted by atomic mass is 9.46. The van der Waals surface area contributed by atoms with Gasteiger partial charge >= 0.3 is 0 Å². The molecule has 2 nitrogen and oxygen atoms in total. The fraction of sp³-hybridized carbons (Fsp3) is 0.739. The van der Waals surface area contributed by atoms with Crippen molar-refractivity contribution in [2.24, 2.45) is 22.7 Å². The van der Waals surface area contributed by atoms with Gasteiger partial charge in [0, 0.05) is 5.41 Å². The third-order valence-corrected chi connectivity index (χ3v) is 9.39. The zero-order valence-electron chi connectivity index (χ0n) is 15.6. The van der Waals surface area contributed by atoms with Crippen molar-refractivity contribution >= 4 is 0 Å². The summed E-state index contributed by atoms with van der Waals surface area (Å²) < 4.78 is 12.1. The van der Waals surface area contributed by atoms with Crippen LogP contribution in [0.2, 0.25) is 0 Å². The molecule has 4 aliphatic carbocycles. The highest BCUT2D eigenvalue weighted by molar-refractivity contribution is 5.36. The molecule has 7 atom stereocenters. The maximum absolute atomic E-state index is 6.62. The van der Waals surface area contributed by atoms with Crippen LogP contribution in [0.15, 0.2) is 34.7 Å². The number of ether oxygens (including phenoxy) is 1. The van der Waals surface area contributed by atoms with Crippen molar-refractivity contribution in [1.29, 1.82) is 0 Å². The molecule has 0 amide bonds. The second-order valence-electron chi connectivity index (χ2n) is 9.99. The second kappa shape index (κ2) is 4.63. The topological polar surface area (TPSA) is 25.7 Å². The summed E-state index contributed by atoms with van der Waals surface area (Å²) in [5, 5.41) is 0. The van der Waals surface area contributed by atoms with E-state index in [0.29, 0.717) is 22.9 Å². The Hall–Kier alpha value is -1.02. The summed E-state index contributed by atoms with van der Waals surface area (Å²) in [5.41, 5.74) is 4.14. The first-order valence-corrected chi connectivity index (χ1v) is 10.5. The largest absolute Gasteiger partial charge is 0.472 e. The van der Waals surface area contributed by atoms with E-state index in [0.717, 1.165) is 11.8 Å². The van der Waals surface area contributed by atoms with Crippen LogP contribution in [-0.2, 0) is 4.74 Å². The van der Waals surface area contributed by atoms with Crippen molar-refractivity contribution in [2.75, 3.05) is 0 Å². The highest BCUT2D eigenvalue weighted by Gasteiger charge is 2.80. The van der Waals surface area contributed by atoms with E-state index < -0.39 is 0 Å². The number of rotatable bonds is 1. The Bertz CT molecular complexity index is 733. The molecule has 1 saturated heterocycles. The fourth-order valence-electron chi connectivity index (χ4n) is 8.17. The van der Waals surface area contributed by atoms with Gasteiger partial charge in [-0.2, -0.15) is 0 Å². The fourth-order valence-corrected chi connectivity index (χ4v) is 8.17. The van der Waals surface area contributed by atoms with E-state index in [9.17, 15) is 0 Å². The van der Waals surface area contributed by atoms with Crippen LogP contribution in [0.5, 0.6) is 0 Å². The third-order valence-electron chi connectivity index (χ3n) is 9.39. The second-order valence-corrected chi connectivity index (χ2v) is 9.99. The van der Waals surface area contributed by atoms with Gasteiger partial charge < -0.3 is 9.15 Å². The van der Waals surface area contributed by atoms with Crippen molar-refractivity contribution in [3.8, 4) is 0 Å². The molecular formula is C23H30O2. The van der Waals surface area contributed by atoms with Crippen LogP contribution >= 0.6 is 0 Å². The average Bonchev–Trinajstić information content (AvgIpc) is 2.98. The Morgan fingerprint density at radius 3 is 2.88 bits per heavy atom. The quantitative estimate of drug-likeness (QED) is 0.474. The summed E-state index contributed by atoms with van der Waals surface area (Å²) in [6, 6.07) is 2.20. The van der Waals surface area contributed by atoms with Crippen molar-refractivity contribution in [3.63, 3.8) is 0 Å². The molecule has 25 heavy (non-hydrogen) atoms. The Morgan fingerprint density at radius 2 is 2.04 bits per heavy atom. The monoisotopic (exact) mass is 338 g/mol. The number of hydrogen-bond acceptors (Lipinski definition) is 2. The molecule has 3 saturated carbocycles. The summed E-state index contributed by atoms with van der Waals surface area (Å²) >= 11 is 0. The molecular weight excluding hydrogens is 308 g/mol. The van der Waals surface area contributed by atoms with Gasteiger partial charge in [-0.05, 0) is 86.2 Å². The van der Waals surface area contributed by atoms with Crippen molar-refractivity contribution < 1.29 is 9.15 Å². The van der Waals surface area contributed by atoms with Gasteiger partial charge in [-0.3, -0.25) is 0 Å². The zero-order chi connectivity index (χ0) is 16.9.